The van der Waals surface area contributed by atoms with Gasteiger partial charge in [-0.1, -0.05) is 6.07 Å². The van der Waals surface area contributed by atoms with Gasteiger partial charge in [0, 0.05) is 29.9 Å². The first-order chi connectivity index (χ1) is 7.36. The van der Waals surface area contributed by atoms with E-state index in [-0.39, 0.29) is 0 Å². The number of rotatable bonds is 1. The minimum Gasteiger partial charge on any atom is -0.320 e. The maximum atomic E-state index is 3.44. The molecule has 0 aromatic carbocycles. The molecule has 0 amide bonds. The Labute approximate surface area is 89.9 Å². The molecule has 0 aliphatic carbocycles. The van der Waals surface area contributed by atoms with Crippen molar-refractivity contribution < 1.29 is 0 Å². The fourth-order valence-corrected chi connectivity index (χ4v) is 2.69. The largest absolute Gasteiger partial charge is 0.320 e. The van der Waals surface area contributed by atoms with Gasteiger partial charge in [-0.05, 0) is 43.7 Å². The Kier molecular flexibility index (Phi) is 2.03. The van der Waals surface area contributed by atoms with Crippen molar-refractivity contribution in [2.75, 3.05) is 13.1 Å². The lowest BCUT2D eigenvalue weighted by Crippen LogP contribution is -2.10. The topological polar surface area (TPSA) is 16.4 Å². The van der Waals surface area contributed by atoms with Gasteiger partial charge in [-0.15, -0.1) is 0 Å². The fourth-order valence-electron chi connectivity index (χ4n) is 2.69. The normalized spacial score (nSPS) is 21.3. The molecule has 1 N–H and O–H groups in total. The van der Waals surface area contributed by atoms with E-state index in [1.54, 1.807) is 0 Å². The van der Waals surface area contributed by atoms with Crippen LogP contribution in [0.3, 0.4) is 0 Å². The second-order valence-electron chi connectivity index (χ2n) is 4.40. The molecule has 0 spiro atoms. The van der Waals surface area contributed by atoms with Gasteiger partial charge in [0.25, 0.3) is 0 Å². The molecule has 15 heavy (non-hydrogen) atoms. The third-order valence-corrected chi connectivity index (χ3v) is 3.37. The highest BCUT2D eigenvalue weighted by Gasteiger charge is 2.21. The minimum atomic E-state index is 0.690. The van der Waals surface area contributed by atoms with E-state index in [0.717, 1.165) is 13.1 Å². The second kappa shape index (κ2) is 3.38. The Morgan fingerprint density at radius 2 is 2.33 bits per heavy atom. The predicted octanol–water partition coefficient (Wildman–Crippen LogP) is 2.32. The van der Waals surface area contributed by atoms with Crippen molar-refractivity contribution >= 4 is 5.52 Å². The first-order valence-electron chi connectivity index (χ1n) is 5.63. The summed E-state index contributed by atoms with van der Waals surface area (Å²) >= 11 is 0. The predicted molar refractivity (Wildman–Crippen MR) is 62.4 cm³/mol. The minimum absolute atomic E-state index is 0.690. The Bertz CT molecular complexity index is 478. The van der Waals surface area contributed by atoms with Crippen LogP contribution < -0.4 is 5.32 Å². The van der Waals surface area contributed by atoms with E-state index >= 15 is 0 Å². The van der Waals surface area contributed by atoms with Crippen LogP contribution in [0.15, 0.2) is 30.5 Å². The summed E-state index contributed by atoms with van der Waals surface area (Å²) in [5.74, 6) is 0.690. The van der Waals surface area contributed by atoms with Crippen LogP contribution >= 0.6 is 0 Å². The molecule has 1 aliphatic rings. The third kappa shape index (κ3) is 1.37. The van der Waals surface area contributed by atoms with Crippen molar-refractivity contribution in [3.8, 4) is 0 Å². The molecule has 1 aliphatic heterocycles. The molecular weight excluding hydrogens is 184 g/mol. The Hall–Kier alpha value is -1.28. The average Bonchev–Trinajstić information content (AvgIpc) is 2.82. The highest BCUT2D eigenvalue weighted by molar-refractivity contribution is 5.54. The van der Waals surface area contributed by atoms with Crippen LogP contribution in [0.25, 0.3) is 5.52 Å². The number of aromatic nitrogens is 1. The number of fused-ring (bicyclic) bond motifs is 1. The van der Waals surface area contributed by atoms with Crippen LogP contribution in [0, 0.1) is 6.92 Å². The molecule has 78 valence electrons. The average molecular weight is 200 g/mol. The lowest BCUT2D eigenvalue weighted by Gasteiger charge is -2.10. The van der Waals surface area contributed by atoms with Crippen LogP contribution in [0.2, 0.25) is 0 Å². The van der Waals surface area contributed by atoms with Gasteiger partial charge < -0.3 is 9.72 Å². The highest BCUT2D eigenvalue weighted by Crippen LogP contribution is 2.27. The molecule has 0 bridgehead atoms. The molecule has 1 fully saturated rings. The summed E-state index contributed by atoms with van der Waals surface area (Å²) in [5, 5.41) is 3.44. The van der Waals surface area contributed by atoms with Crippen LogP contribution in [0.1, 0.15) is 23.6 Å². The van der Waals surface area contributed by atoms with E-state index in [4.69, 9.17) is 0 Å². The number of aryl methyl sites for hydroxylation is 1. The molecular formula is C13H16N2. The summed E-state index contributed by atoms with van der Waals surface area (Å²) in [5.41, 5.74) is 4.24. The molecule has 3 rings (SSSR count). The van der Waals surface area contributed by atoms with Gasteiger partial charge >= 0.3 is 0 Å². The quantitative estimate of drug-likeness (QED) is 0.747. The number of hydrogen-bond acceptors (Lipinski definition) is 1. The zero-order valence-corrected chi connectivity index (χ0v) is 9.03. The molecule has 0 radical (unpaired) electrons. The van der Waals surface area contributed by atoms with E-state index < -0.39 is 0 Å². The van der Waals surface area contributed by atoms with Crippen molar-refractivity contribution in [2.24, 2.45) is 0 Å². The standard InChI is InChI=1S/C13H16N2/c1-10-8-12-4-2-3-7-15(12)13(10)11-5-6-14-9-11/h2-4,7-8,11,14H,5-6,9H2,1H3. The van der Waals surface area contributed by atoms with Crippen LogP contribution in [0.5, 0.6) is 0 Å². The molecule has 1 atom stereocenters. The summed E-state index contributed by atoms with van der Waals surface area (Å²) in [4.78, 5) is 0. The molecule has 2 heteroatoms. The molecule has 0 saturated carbocycles. The summed E-state index contributed by atoms with van der Waals surface area (Å²) in [6.07, 6.45) is 3.44. The maximum absolute atomic E-state index is 3.44. The summed E-state index contributed by atoms with van der Waals surface area (Å²) in [6.45, 7) is 4.51. The summed E-state index contributed by atoms with van der Waals surface area (Å²) < 4.78 is 2.34. The van der Waals surface area contributed by atoms with Crippen molar-refractivity contribution in [1.82, 2.24) is 9.72 Å². The number of nitrogens with one attached hydrogen (secondary N) is 1. The molecule has 3 heterocycles. The smallest absolute Gasteiger partial charge is 0.0455 e. The van der Waals surface area contributed by atoms with Gasteiger partial charge in [-0.25, -0.2) is 0 Å². The molecule has 2 nitrogen and oxygen atoms in total. The van der Waals surface area contributed by atoms with E-state index in [9.17, 15) is 0 Å². The van der Waals surface area contributed by atoms with Gasteiger partial charge in [0.05, 0.1) is 0 Å². The summed E-state index contributed by atoms with van der Waals surface area (Å²) in [6, 6.07) is 8.68. The zero-order valence-electron chi connectivity index (χ0n) is 9.03. The first-order valence-corrected chi connectivity index (χ1v) is 5.63. The van der Waals surface area contributed by atoms with Crippen molar-refractivity contribution in [3.05, 3.63) is 41.7 Å². The van der Waals surface area contributed by atoms with Crippen LogP contribution in [-0.4, -0.2) is 17.5 Å². The van der Waals surface area contributed by atoms with E-state index in [2.05, 4.69) is 47.1 Å². The number of hydrogen-bond donors (Lipinski definition) is 1. The molecule has 1 unspecified atom stereocenters. The Balaban J connectivity index is 2.19. The lowest BCUT2D eigenvalue weighted by atomic mass is 10.0. The molecule has 1 saturated heterocycles. The van der Waals surface area contributed by atoms with E-state index in [1.165, 1.54) is 23.2 Å². The van der Waals surface area contributed by atoms with E-state index in [0.29, 0.717) is 5.92 Å². The number of pyridine rings is 1. The molecule has 2 aromatic rings. The number of nitrogens with zero attached hydrogens (tertiary/aromatic N) is 1. The molecule has 2 aromatic heterocycles. The third-order valence-electron chi connectivity index (χ3n) is 3.37. The van der Waals surface area contributed by atoms with Crippen molar-refractivity contribution in [1.29, 1.82) is 0 Å². The first kappa shape index (κ1) is 8.98. The maximum Gasteiger partial charge on any atom is 0.0455 e. The Morgan fingerprint density at radius 1 is 1.40 bits per heavy atom. The van der Waals surface area contributed by atoms with E-state index in [1.807, 2.05) is 0 Å². The Morgan fingerprint density at radius 3 is 3.13 bits per heavy atom. The van der Waals surface area contributed by atoms with Crippen LogP contribution in [-0.2, 0) is 0 Å². The lowest BCUT2D eigenvalue weighted by molar-refractivity contribution is 0.721. The monoisotopic (exact) mass is 200 g/mol. The SMILES string of the molecule is Cc1cc2ccccn2c1C1CCNC1. The van der Waals surface area contributed by atoms with Crippen LogP contribution in [0.4, 0.5) is 0 Å². The fraction of sp³-hybridized carbons (Fsp3) is 0.385. The second-order valence-corrected chi connectivity index (χ2v) is 4.40. The highest BCUT2D eigenvalue weighted by atomic mass is 14.9. The van der Waals surface area contributed by atoms with Gasteiger partial charge in [-0.3, -0.25) is 0 Å². The van der Waals surface area contributed by atoms with Crippen molar-refractivity contribution in [2.45, 2.75) is 19.3 Å². The zero-order chi connectivity index (χ0) is 10.3. The van der Waals surface area contributed by atoms with Gasteiger partial charge in [0.2, 0.25) is 0 Å². The van der Waals surface area contributed by atoms with Gasteiger partial charge in [0.15, 0.2) is 0 Å². The van der Waals surface area contributed by atoms with Crippen molar-refractivity contribution in [3.63, 3.8) is 0 Å². The van der Waals surface area contributed by atoms with Gasteiger partial charge in [-0.2, -0.15) is 0 Å². The van der Waals surface area contributed by atoms with Gasteiger partial charge in [0.1, 0.15) is 0 Å². The summed E-state index contributed by atoms with van der Waals surface area (Å²) in [7, 11) is 0.